The Labute approximate surface area is 237 Å². The molecular weight excluding hydrogens is 498 g/mol. The van der Waals surface area contributed by atoms with E-state index in [0.717, 1.165) is 49.9 Å². The van der Waals surface area contributed by atoms with Crippen molar-refractivity contribution < 1.29 is 0 Å². The van der Waals surface area contributed by atoms with Crippen LogP contribution in [0.15, 0.2) is 48.0 Å². The summed E-state index contributed by atoms with van der Waals surface area (Å²) in [7, 11) is 2.23. The Balaban J connectivity index is 1.22. The third-order valence-electron chi connectivity index (χ3n) is 9.64. The number of para-hydroxylation sites is 1. The van der Waals surface area contributed by atoms with Gasteiger partial charge in [-0.15, -0.1) is 0 Å². The lowest BCUT2D eigenvalue weighted by atomic mass is 9.92. The standard InChI is InChI=1S/C33H41N5S/c1-6-22-14-25(21(2)37-13-12-23-17-31(23)37)16-30(34-3)33(22)35(4)20-28-15-24-8-7-9-29(26-18-36(19-26)39-5)32(24)38(28)27-10-11-27/h7-9,14-16,23,26-27,31H,2-3,6,10-13,17-20H2,1,4-5H3/t23?,31-/m1/s1. The molecule has 3 aromatic rings. The second-order valence-corrected chi connectivity index (χ2v) is 13.0. The van der Waals surface area contributed by atoms with Crippen molar-refractivity contribution in [3.05, 3.63) is 65.4 Å². The highest BCUT2D eigenvalue weighted by molar-refractivity contribution is 7.96. The molecule has 4 fully saturated rings. The number of aromatic nitrogens is 1. The van der Waals surface area contributed by atoms with Crippen LogP contribution in [0.2, 0.25) is 0 Å². The van der Waals surface area contributed by atoms with E-state index in [1.54, 1.807) is 0 Å². The number of aryl methyl sites for hydroxylation is 1. The van der Waals surface area contributed by atoms with E-state index in [4.69, 9.17) is 0 Å². The molecule has 2 saturated carbocycles. The van der Waals surface area contributed by atoms with Gasteiger partial charge in [-0.3, -0.25) is 4.99 Å². The van der Waals surface area contributed by atoms with Crippen molar-refractivity contribution in [1.82, 2.24) is 13.8 Å². The van der Waals surface area contributed by atoms with Gasteiger partial charge in [-0.25, -0.2) is 4.31 Å². The number of hydrogen-bond donors (Lipinski definition) is 0. The maximum Gasteiger partial charge on any atom is 0.0865 e. The maximum atomic E-state index is 4.56. The van der Waals surface area contributed by atoms with Crippen LogP contribution in [0.5, 0.6) is 0 Å². The van der Waals surface area contributed by atoms with Gasteiger partial charge in [0.25, 0.3) is 0 Å². The molecule has 0 amide bonds. The minimum absolute atomic E-state index is 0.629. The monoisotopic (exact) mass is 539 g/mol. The van der Waals surface area contributed by atoms with Crippen LogP contribution in [0.3, 0.4) is 0 Å². The Morgan fingerprint density at radius 1 is 1.15 bits per heavy atom. The number of rotatable bonds is 10. The Hall–Kier alpha value is -2.70. The minimum Gasteiger partial charge on any atom is -0.368 e. The maximum absolute atomic E-state index is 4.56. The highest BCUT2D eigenvalue weighted by Crippen LogP contribution is 2.49. The molecule has 2 aromatic carbocycles. The van der Waals surface area contributed by atoms with Gasteiger partial charge in [0.15, 0.2) is 0 Å². The van der Waals surface area contributed by atoms with E-state index >= 15 is 0 Å². The molecule has 0 N–H and O–H groups in total. The molecule has 39 heavy (non-hydrogen) atoms. The number of hydrogen-bond acceptors (Lipinski definition) is 5. The zero-order valence-corrected chi connectivity index (χ0v) is 24.5. The predicted octanol–water partition coefficient (Wildman–Crippen LogP) is 7.25. The number of nitrogens with zero attached hydrogens (tertiary/aromatic N) is 5. The molecule has 204 valence electrons. The zero-order chi connectivity index (χ0) is 26.8. The van der Waals surface area contributed by atoms with Crippen molar-refractivity contribution in [1.29, 1.82) is 0 Å². The Kier molecular flexibility index (Phi) is 6.31. The molecule has 2 atom stereocenters. The molecule has 6 heteroatoms. The summed E-state index contributed by atoms with van der Waals surface area (Å²) in [4.78, 5) is 9.50. The summed E-state index contributed by atoms with van der Waals surface area (Å²) in [6.07, 6.45) is 8.35. The van der Waals surface area contributed by atoms with Crippen molar-refractivity contribution in [2.75, 3.05) is 37.8 Å². The van der Waals surface area contributed by atoms with E-state index in [-0.39, 0.29) is 0 Å². The average Bonchev–Trinajstić information content (AvgIpc) is 3.85. The largest absolute Gasteiger partial charge is 0.368 e. The molecule has 4 aliphatic rings. The van der Waals surface area contributed by atoms with Gasteiger partial charge in [-0.2, -0.15) is 0 Å². The number of piperidine rings is 1. The van der Waals surface area contributed by atoms with E-state index in [2.05, 4.69) is 93.6 Å². The highest BCUT2D eigenvalue weighted by atomic mass is 32.2. The van der Waals surface area contributed by atoms with Gasteiger partial charge in [0.1, 0.15) is 0 Å². The number of aliphatic imine (C=N–C) groups is 1. The first-order valence-electron chi connectivity index (χ1n) is 14.7. The summed E-state index contributed by atoms with van der Waals surface area (Å²) in [5, 5.41) is 1.39. The Morgan fingerprint density at radius 3 is 2.62 bits per heavy atom. The highest BCUT2D eigenvalue weighted by Gasteiger charge is 2.47. The third-order valence-corrected chi connectivity index (χ3v) is 10.5. The number of benzene rings is 2. The molecule has 2 aliphatic heterocycles. The van der Waals surface area contributed by atoms with Gasteiger partial charge >= 0.3 is 0 Å². The van der Waals surface area contributed by atoms with Crippen molar-refractivity contribution in [3.8, 4) is 0 Å². The summed E-state index contributed by atoms with van der Waals surface area (Å²) < 4.78 is 5.15. The lowest BCUT2D eigenvalue weighted by Gasteiger charge is -2.38. The second-order valence-electron chi connectivity index (χ2n) is 12.1. The van der Waals surface area contributed by atoms with Crippen molar-refractivity contribution >= 4 is 46.6 Å². The fourth-order valence-corrected chi connectivity index (χ4v) is 7.90. The summed E-state index contributed by atoms with van der Waals surface area (Å²) in [5.41, 5.74) is 10.3. The van der Waals surface area contributed by atoms with Crippen molar-refractivity contribution in [3.63, 3.8) is 0 Å². The molecule has 7 rings (SSSR count). The van der Waals surface area contributed by atoms with Crippen LogP contribution in [0, 0.1) is 5.92 Å². The van der Waals surface area contributed by atoms with Crippen molar-refractivity contribution in [2.45, 2.75) is 63.6 Å². The third kappa shape index (κ3) is 4.31. The molecule has 0 spiro atoms. The first kappa shape index (κ1) is 25.3. The quantitative estimate of drug-likeness (QED) is 0.200. The summed E-state index contributed by atoms with van der Waals surface area (Å²) in [6, 6.07) is 15.3. The first-order valence-corrected chi connectivity index (χ1v) is 15.9. The van der Waals surface area contributed by atoms with Crippen LogP contribution in [-0.4, -0.2) is 59.5 Å². The fraction of sp³-hybridized carbons (Fsp3) is 0.485. The molecule has 0 bridgehead atoms. The van der Waals surface area contributed by atoms with Crippen LogP contribution in [0.1, 0.15) is 67.0 Å². The van der Waals surface area contributed by atoms with Gasteiger partial charge in [-0.05, 0) is 85.9 Å². The van der Waals surface area contributed by atoms with E-state index in [0.29, 0.717) is 18.0 Å². The molecule has 1 unspecified atom stereocenters. The van der Waals surface area contributed by atoms with E-state index < -0.39 is 0 Å². The number of fused-ring (bicyclic) bond motifs is 2. The van der Waals surface area contributed by atoms with Crippen LogP contribution < -0.4 is 4.90 Å². The number of anilines is 1. The van der Waals surface area contributed by atoms with E-state index in [9.17, 15) is 0 Å². The number of likely N-dealkylation sites (tertiary alicyclic amines) is 1. The molecule has 1 aromatic heterocycles. The molecule has 3 heterocycles. The normalized spacial score (nSPS) is 22.7. The summed E-state index contributed by atoms with van der Waals surface area (Å²) in [5.74, 6) is 1.52. The minimum atomic E-state index is 0.629. The Morgan fingerprint density at radius 2 is 1.97 bits per heavy atom. The van der Waals surface area contributed by atoms with E-state index in [1.165, 1.54) is 64.7 Å². The van der Waals surface area contributed by atoms with Crippen LogP contribution in [0.4, 0.5) is 11.4 Å². The first-order chi connectivity index (χ1) is 19.0. The Bertz CT molecular complexity index is 1450. The smallest absolute Gasteiger partial charge is 0.0865 e. The van der Waals surface area contributed by atoms with Gasteiger partial charge < -0.3 is 14.4 Å². The van der Waals surface area contributed by atoms with Crippen LogP contribution in [0.25, 0.3) is 16.6 Å². The van der Waals surface area contributed by atoms with Gasteiger partial charge in [0, 0.05) is 61.5 Å². The lowest BCUT2D eigenvalue weighted by Crippen LogP contribution is -2.39. The van der Waals surface area contributed by atoms with Crippen molar-refractivity contribution in [2.24, 2.45) is 10.9 Å². The molecule has 2 saturated heterocycles. The van der Waals surface area contributed by atoms with Crippen LogP contribution >= 0.6 is 11.9 Å². The summed E-state index contributed by atoms with van der Waals surface area (Å²) >= 11 is 1.87. The SMILES string of the molecule is C=Nc1cc(C(=C)N2CCC3C[C@H]32)cc(CC)c1N(C)Cc1cc2cccc(C3CN(SC)C3)c2n1C1CC1. The second kappa shape index (κ2) is 9.74. The summed E-state index contributed by atoms with van der Waals surface area (Å²) in [6.45, 7) is 15.1. The van der Waals surface area contributed by atoms with Crippen LogP contribution in [-0.2, 0) is 13.0 Å². The molecular formula is C33H41N5S. The van der Waals surface area contributed by atoms with Gasteiger partial charge in [-0.1, -0.05) is 43.6 Å². The average molecular weight is 540 g/mol. The zero-order valence-electron chi connectivity index (χ0n) is 23.7. The predicted molar refractivity (Wildman–Crippen MR) is 167 cm³/mol. The van der Waals surface area contributed by atoms with Gasteiger partial charge in [0.05, 0.1) is 23.4 Å². The molecule has 0 radical (unpaired) electrons. The molecule has 2 aliphatic carbocycles. The molecule has 5 nitrogen and oxygen atoms in total. The lowest BCUT2D eigenvalue weighted by molar-refractivity contribution is 0.292. The van der Waals surface area contributed by atoms with E-state index in [1.807, 2.05) is 11.9 Å². The topological polar surface area (TPSA) is 27.0 Å². The fourth-order valence-electron chi connectivity index (χ4n) is 7.24. The van der Waals surface area contributed by atoms with Gasteiger partial charge in [0.2, 0.25) is 0 Å².